The molecule has 1 aliphatic heterocycles. The lowest BCUT2D eigenvalue weighted by molar-refractivity contribution is -0.229. The predicted molar refractivity (Wildman–Crippen MR) is 114 cm³/mol. The van der Waals surface area contributed by atoms with Crippen molar-refractivity contribution in [2.75, 3.05) is 7.05 Å². The largest absolute Gasteiger partial charge is 0.368 e. The molecule has 5 rings (SSSR count). The second kappa shape index (κ2) is 6.33. The zero-order valence-electron chi connectivity index (χ0n) is 17.0. The monoisotopic (exact) mass is 386 g/mol. The minimum Gasteiger partial charge on any atom is -0.368 e. The van der Waals surface area contributed by atoms with Gasteiger partial charge >= 0.3 is 0 Å². The maximum Gasteiger partial charge on any atom is 0.220 e. The lowest BCUT2D eigenvalue weighted by Crippen LogP contribution is -2.45. The third-order valence-electron chi connectivity index (χ3n) is 7.13. The van der Waals surface area contributed by atoms with E-state index in [4.69, 9.17) is 22.1 Å². The molecule has 1 saturated carbocycles. The van der Waals surface area contributed by atoms with E-state index in [1.165, 1.54) is 18.4 Å². The Morgan fingerprint density at radius 2 is 1.93 bits per heavy atom. The van der Waals surface area contributed by atoms with Crippen LogP contribution in [-0.4, -0.2) is 18.1 Å². The van der Waals surface area contributed by atoms with E-state index in [0.717, 1.165) is 41.9 Å². The van der Waals surface area contributed by atoms with Crippen molar-refractivity contribution in [3.63, 3.8) is 0 Å². The van der Waals surface area contributed by atoms with E-state index in [0.29, 0.717) is 11.6 Å². The highest BCUT2D eigenvalue weighted by Crippen LogP contribution is 2.62. The summed E-state index contributed by atoms with van der Waals surface area (Å²) in [6.45, 7) is 9.65. The predicted octanol–water partition coefficient (Wildman–Crippen LogP) is 5.00. The number of nitrogens with two attached hydrogens (primary N) is 1. The minimum atomic E-state index is -0.741. The number of rotatable bonds is 1. The van der Waals surface area contributed by atoms with Crippen LogP contribution in [0.1, 0.15) is 43.7 Å². The molecule has 0 saturated heterocycles. The van der Waals surface area contributed by atoms with Crippen molar-refractivity contribution in [2.24, 2.45) is 22.1 Å². The highest BCUT2D eigenvalue weighted by atomic mass is 16.7. The standard InChI is InChI=1S/C24H26N4O/c1-16-9-11-23(12-10-16)15-19-8-7-18(17-5-4-6-20(13-17)26-2)14-21(19)24(23)27-22(25)28(3)29-24/h4-8,13-14,16H,9-12,15H2,1,3H3,(H2,25,27). The molecule has 1 fully saturated rings. The van der Waals surface area contributed by atoms with Crippen molar-refractivity contribution < 1.29 is 4.84 Å². The summed E-state index contributed by atoms with van der Waals surface area (Å²) >= 11 is 0. The Kier molecular flexibility index (Phi) is 3.97. The van der Waals surface area contributed by atoms with Crippen LogP contribution in [0.3, 0.4) is 0 Å². The normalized spacial score (nSPS) is 30.4. The molecular weight excluding hydrogens is 360 g/mol. The summed E-state index contributed by atoms with van der Waals surface area (Å²) in [7, 11) is 1.84. The molecule has 2 aromatic rings. The molecule has 2 spiro atoms. The fourth-order valence-corrected chi connectivity index (χ4v) is 5.40. The van der Waals surface area contributed by atoms with Gasteiger partial charge in [-0.1, -0.05) is 37.3 Å². The maximum absolute atomic E-state index is 7.31. The van der Waals surface area contributed by atoms with Crippen LogP contribution < -0.4 is 5.73 Å². The third-order valence-corrected chi connectivity index (χ3v) is 7.13. The number of nitrogens with zero attached hydrogens (tertiary/aromatic N) is 3. The third kappa shape index (κ3) is 2.59. The first-order chi connectivity index (χ1) is 14.0. The van der Waals surface area contributed by atoms with Gasteiger partial charge in [-0.05, 0) is 66.8 Å². The number of guanidine groups is 1. The average Bonchev–Trinajstić information content (AvgIpc) is 3.18. The molecule has 1 unspecified atom stereocenters. The minimum absolute atomic E-state index is 0.0474. The van der Waals surface area contributed by atoms with E-state index in [9.17, 15) is 0 Å². The summed E-state index contributed by atoms with van der Waals surface area (Å²) in [5.74, 6) is 1.19. The summed E-state index contributed by atoms with van der Waals surface area (Å²) in [4.78, 5) is 15.0. The summed E-state index contributed by atoms with van der Waals surface area (Å²) in [6.07, 6.45) is 5.55. The molecule has 2 aliphatic carbocycles. The second-order valence-electron chi connectivity index (χ2n) is 8.88. The molecule has 2 N–H and O–H groups in total. The van der Waals surface area contributed by atoms with Gasteiger partial charge in [0.15, 0.2) is 5.69 Å². The Morgan fingerprint density at radius 3 is 2.62 bits per heavy atom. The van der Waals surface area contributed by atoms with E-state index < -0.39 is 5.72 Å². The van der Waals surface area contributed by atoms with Crippen LogP contribution in [0.15, 0.2) is 47.5 Å². The molecule has 0 aromatic heterocycles. The number of aliphatic imine (C=N–C) groups is 1. The van der Waals surface area contributed by atoms with Gasteiger partial charge in [0.1, 0.15) is 0 Å². The van der Waals surface area contributed by atoms with Crippen LogP contribution in [0.2, 0.25) is 0 Å². The summed E-state index contributed by atoms with van der Waals surface area (Å²) in [6, 6.07) is 14.3. The van der Waals surface area contributed by atoms with Crippen molar-refractivity contribution >= 4 is 11.6 Å². The van der Waals surface area contributed by atoms with E-state index >= 15 is 0 Å². The molecular formula is C24H26N4O. The van der Waals surface area contributed by atoms with E-state index in [1.54, 1.807) is 5.06 Å². The number of hydroxylamine groups is 2. The van der Waals surface area contributed by atoms with Gasteiger partial charge in [-0.2, -0.15) is 0 Å². The first-order valence-electron chi connectivity index (χ1n) is 10.4. The van der Waals surface area contributed by atoms with Gasteiger partial charge in [0, 0.05) is 18.0 Å². The van der Waals surface area contributed by atoms with Crippen LogP contribution in [0.5, 0.6) is 0 Å². The summed E-state index contributed by atoms with van der Waals surface area (Å²) in [5, 5.41) is 1.63. The first kappa shape index (κ1) is 18.2. The van der Waals surface area contributed by atoms with Crippen molar-refractivity contribution in [1.82, 2.24) is 5.06 Å². The van der Waals surface area contributed by atoms with Crippen molar-refractivity contribution in [3.05, 3.63) is 65.0 Å². The lowest BCUT2D eigenvalue weighted by Gasteiger charge is -2.44. The van der Waals surface area contributed by atoms with Gasteiger partial charge < -0.3 is 5.73 Å². The molecule has 1 heterocycles. The fourth-order valence-electron chi connectivity index (χ4n) is 5.40. The summed E-state index contributed by atoms with van der Waals surface area (Å²) < 4.78 is 0. The number of benzene rings is 2. The zero-order chi connectivity index (χ0) is 20.2. The van der Waals surface area contributed by atoms with Gasteiger partial charge in [-0.3, -0.25) is 0 Å². The van der Waals surface area contributed by atoms with Crippen molar-refractivity contribution in [2.45, 2.75) is 44.8 Å². The van der Waals surface area contributed by atoms with Gasteiger partial charge in [0.2, 0.25) is 11.7 Å². The van der Waals surface area contributed by atoms with E-state index in [-0.39, 0.29) is 5.41 Å². The van der Waals surface area contributed by atoms with Crippen LogP contribution in [-0.2, 0) is 17.0 Å². The van der Waals surface area contributed by atoms with Crippen molar-refractivity contribution in [1.29, 1.82) is 0 Å². The quantitative estimate of drug-likeness (QED) is 0.702. The highest BCUT2D eigenvalue weighted by molar-refractivity contribution is 5.79. The molecule has 0 radical (unpaired) electrons. The van der Waals surface area contributed by atoms with Gasteiger partial charge in [-0.25, -0.2) is 19.7 Å². The average molecular weight is 386 g/mol. The van der Waals surface area contributed by atoms with Crippen LogP contribution in [0.25, 0.3) is 16.0 Å². The molecule has 5 nitrogen and oxygen atoms in total. The molecule has 5 heteroatoms. The Hall–Kier alpha value is -2.84. The first-order valence-corrected chi connectivity index (χ1v) is 10.4. The molecule has 29 heavy (non-hydrogen) atoms. The molecule has 3 aliphatic rings. The van der Waals surface area contributed by atoms with E-state index in [2.05, 4.69) is 36.0 Å². The number of hydrogen-bond donors (Lipinski definition) is 1. The number of fused-ring (bicyclic) bond motifs is 3. The Balaban J connectivity index is 1.65. The molecule has 0 bridgehead atoms. The zero-order valence-corrected chi connectivity index (χ0v) is 17.0. The Labute approximate surface area is 172 Å². The Bertz CT molecular complexity index is 1050. The molecule has 2 aromatic carbocycles. The fraction of sp³-hybridized carbons (Fsp3) is 0.417. The lowest BCUT2D eigenvalue weighted by atomic mass is 9.65. The second-order valence-corrected chi connectivity index (χ2v) is 8.88. The number of hydrogen-bond acceptors (Lipinski definition) is 4. The van der Waals surface area contributed by atoms with Crippen molar-refractivity contribution in [3.8, 4) is 11.1 Å². The maximum atomic E-state index is 7.31. The van der Waals surface area contributed by atoms with E-state index in [1.807, 2.05) is 25.2 Å². The topological polar surface area (TPSA) is 55.2 Å². The van der Waals surface area contributed by atoms with Crippen LogP contribution >= 0.6 is 0 Å². The van der Waals surface area contributed by atoms with Gasteiger partial charge in [0.25, 0.3) is 0 Å². The smallest absolute Gasteiger partial charge is 0.220 e. The van der Waals surface area contributed by atoms with Gasteiger partial charge in [-0.15, -0.1) is 0 Å². The molecule has 1 atom stereocenters. The van der Waals surface area contributed by atoms with Crippen LogP contribution in [0, 0.1) is 17.9 Å². The van der Waals surface area contributed by atoms with Crippen LogP contribution in [0.4, 0.5) is 5.69 Å². The Morgan fingerprint density at radius 1 is 1.17 bits per heavy atom. The molecule has 148 valence electrons. The highest BCUT2D eigenvalue weighted by Gasteiger charge is 2.63. The van der Waals surface area contributed by atoms with Gasteiger partial charge in [0.05, 0.1) is 6.57 Å². The molecule has 0 amide bonds. The SMILES string of the molecule is [C-]#[N+]c1cccc(-c2ccc3c(c2)C2(N=C(N)N(C)O2)C2(CCC(C)CC2)C3)c1. The summed E-state index contributed by atoms with van der Waals surface area (Å²) in [5.41, 5.74) is 10.6.